The zero-order valence-corrected chi connectivity index (χ0v) is 15.1. The molecule has 0 aromatic heterocycles. The lowest BCUT2D eigenvalue weighted by atomic mass is 10.0. The number of anilines is 1. The summed E-state index contributed by atoms with van der Waals surface area (Å²) in [5, 5.41) is 10.8. The normalized spacial score (nSPS) is 10.3. The maximum Gasteiger partial charge on any atom is 0.292 e. The summed E-state index contributed by atoms with van der Waals surface area (Å²) in [6.45, 7) is 2.25. The number of nitrogen functional groups attached to an aromatic ring is 1. The number of nitrogens with two attached hydrogens (primary N) is 1. The van der Waals surface area contributed by atoms with Crippen molar-refractivity contribution in [2.75, 3.05) is 5.73 Å². The van der Waals surface area contributed by atoms with E-state index in [0.717, 1.165) is 18.4 Å². The van der Waals surface area contributed by atoms with Crippen LogP contribution in [0.1, 0.15) is 76.7 Å². The number of rotatable bonds is 12. The van der Waals surface area contributed by atoms with Gasteiger partial charge in [0.1, 0.15) is 5.69 Å². The highest BCUT2D eigenvalue weighted by molar-refractivity contribution is 5.85. The van der Waals surface area contributed by atoms with Crippen LogP contribution >= 0.6 is 12.4 Å². The van der Waals surface area contributed by atoms with E-state index < -0.39 is 4.92 Å². The summed E-state index contributed by atoms with van der Waals surface area (Å²) in [6.07, 6.45) is 13.9. The van der Waals surface area contributed by atoms with Gasteiger partial charge in [-0.15, -0.1) is 12.4 Å². The Morgan fingerprint density at radius 1 is 0.957 bits per heavy atom. The summed E-state index contributed by atoms with van der Waals surface area (Å²) in [6, 6.07) is 5.16. The molecule has 0 unspecified atom stereocenters. The Hall–Kier alpha value is -1.29. The first-order valence-electron chi connectivity index (χ1n) is 8.68. The molecule has 23 heavy (non-hydrogen) atoms. The van der Waals surface area contributed by atoms with Crippen LogP contribution in [0.5, 0.6) is 0 Å². The molecule has 0 atom stereocenters. The van der Waals surface area contributed by atoms with Crippen LogP contribution in [0.15, 0.2) is 18.2 Å². The van der Waals surface area contributed by atoms with E-state index >= 15 is 0 Å². The Labute approximate surface area is 146 Å². The van der Waals surface area contributed by atoms with Crippen molar-refractivity contribution < 1.29 is 4.92 Å². The molecule has 5 heteroatoms. The van der Waals surface area contributed by atoms with Gasteiger partial charge in [0.05, 0.1) is 4.92 Å². The van der Waals surface area contributed by atoms with Crippen LogP contribution in [0.2, 0.25) is 0 Å². The second-order valence-electron chi connectivity index (χ2n) is 6.08. The van der Waals surface area contributed by atoms with Crippen LogP contribution in [0.25, 0.3) is 0 Å². The quantitative estimate of drug-likeness (QED) is 0.217. The van der Waals surface area contributed by atoms with Crippen molar-refractivity contribution in [2.45, 2.75) is 77.6 Å². The van der Waals surface area contributed by atoms with Crippen LogP contribution in [0.3, 0.4) is 0 Å². The van der Waals surface area contributed by atoms with Gasteiger partial charge in [-0.25, -0.2) is 0 Å². The van der Waals surface area contributed by atoms with Gasteiger partial charge in [0, 0.05) is 6.07 Å². The fraction of sp³-hybridized carbons (Fsp3) is 0.667. The number of halogens is 1. The van der Waals surface area contributed by atoms with Crippen LogP contribution in [-0.2, 0) is 6.42 Å². The van der Waals surface area contributed by atoms with E-state index in [1.54, 1.807) is 12.1 Å². The molecule has 0 aliphatic rings. The molecule has 4 nitrogen and oxygen atoms in total. The van der Waals surface area contributed by atoms with Crippen molar-refractivity contribution >= 4 is 23.8 Å². The molecule has 0 aliphatic heterocycles. The third-order valence-electron chi connectivity index (χ3n) is 4.11. The fourth-order valence-electron chi connectivity index (χ4n) is 2.72. The van der Waals surface area contributed by atoms with Crippen LogP contribution in [0.4, 0.5) is 11.4 Å². The van der Waals surface area contributed by atoms with E-state index in [0.29, 0.717) is 0 Å². The van der Waals surface area contributed by atoms with Crippen molar-refractivity contribution in [3.8, 4) is 0 Å². The Bertz CT molecular complexity index is 453. The molecule has 0 heterocycles. The predicted octanol–water partition coefficient (Wildman–Crippen LogP) is 6.06. The van der Waals surface area contributed by atoms with Gasteiger partial charge in [0.2, 0.25) is 0 Å². The number of hydrogen-bond acceptors (Lipinski definition) is 3. The second-order valence-corrected chi connectivity index (χ2v) is 6.08. The predicted molar refractivity (Wildman–Crippen MR) is 100 cm³/mol. The lowest BCUT2D eigenvalue weighted by molar-refractivity contribution is -0.384. The molecule has 2 N–H and O–H groups in total. The smallest absolute Gasteiger partial charge is 0.292 e. The third-order valence-corrected chi connectivity index (χ3v) is 4.11. The summed E-state index contributed by atoms with van der Waals surface area (Å²) in [5.41, 5.74) is 6.90. The molecule has 0 aliphatic carbocycles. The number of benzene rings is 1. The fourth-order valence-corrected chi connectivity index (χ4v) is 2.72. The summed E-state index contributed by atoms with van der Waals surface area (Å²) in [7, 11) is 0. The first kappa shape index (κ1) is 21.7. The first-order chi connectivity index (χ1) is 10.6. The second kappa shape index (κ2) is 13.2. The van der Waals surface area contributed by atoms with Crippen molar-refractivity contribution in [3.63, 3.8) is 0 Å². The van der Waals surface area contributed by atoms with Crippen molar-refractivity contribution in [3.05, 3.63) is 33.9 Å². The molecule has 1 aromatic carbocycles. The molecular weight excluding hydrogens is 312 g/mol. The minimum Gasteiger partial charge on any atom is -0.393 e. The van der Waals surface area contributed by atoms with Crippen LogP contribution in [0, 0.1) is 10.1 Å². The van der Waals surface area contributed by atoms with Crippen molar-refractivity contribution in [1.82, 2.24) is 0 Å². The number of nitrogens with zero attached hydrogens (tertiary/aromatic N) is 1. The average molecular weight is 343 g/mol. The van der Waals surface area contributed by atoms with E-state index in [9.17, 15) is 10.1 Å². The molecule has 0 bridgehead atoms. The molecule has 0 spiro atoms. The monoisotopic (exact) mass is 342 g/mol. The van der Waals surface area contributed by atoms with Gasteiger partial charge in [-0.1, -0.05) is 70.8 Å². The summed E-state index contributed by atoms with van der Waals surface area (Å²) < 4.78 is 0. The van der Waals surface area contributed by atoms with Gasteiger partial charge in [-0.3, -0.25) is 10.1 Å². The zero-order chi connectivity index (χ0) is 16.2. The molecular formula is C18H31ClN2O2. The lowest BCUT2D eigenvalue weighted by Crippen LogP contribution is -1.97. The van der Waals surface area contributed by atoms with Gasteiger partial charge >= 0.3 is 0 Å². The summed E-state index contributed by atoms with van der Waals surface area (Å²) in [5.74, 6) is 0. The zero-order valence-electron chi connectivity index (χ0n) is 14.3. The molecule has 0 saturated carbocycles. The molecule has 0 radical (unpaired) electrons. The molecule has 132 valence electrons. The molecule has 0 saturated heterocycles. The van der Waals surface area contributed by atoms with Crippen LogP contribution in [-0.4, -0.2) is 4.92 Å². The molecule has 0 amide bonds. The summed E-state index contributed by atoms with van der Waals surface area (Å²) >= 11 is 0. The molecule has 0 fully saturated rings. The Kier molecular flexibility index (Phi) is 12.4. The Balaban J connectivity index is 0.00000484. The van der Waals surface area contributed by atoms with Gasteiger partial charge in [0.25, 0.3) is 5.69 Å². The highest BCUT2D eigenvalue weighted by Gasteiger charge is 2.11. The van der Waals surface area contributed by atoms with E-state index in [1.807, 2.05) is 6.07 Å². The Morgan fingerprint density at radius 2 is 1.48 bits per heavy atom. The number of nitro benzene ring substituents is 1. The maximum atomic E-state index is 10.8. The third kappa shape index (κ3) is 9.44. The Morgan fingerprint density at radius 3 is 2.00 bits per heavy atom. The number of nitro groups is 1. The minimum atomic E-state index is -0.405. The number of aryl methyl sites for hydroxylation is 1. The first-order valence-corrected chi connectivity index (χ1v) is 8.68. The number of unbranched alkanes of at least 4 members (excludes halogenated alkanes) is 9. The van der Waals surface area contributed by atoms with E-state index in [4.69, 9.17) is 5.73 Å². The van der Waals surface area contributed by atoms with Gasteiger partial charge < -0.3 is 5.73 Å². The minimum absolute atomic E-state index is 0. The van der Waals surface area contributed by atoms with E-state index in [2.05, 4.69) is 6.92 Å². The van der Waals surface area contributed by atoms with E-state index in [-0.39, 0.29) is 23.8 Å². The molecule has 1 rings (SSSR count). The van der Waals surface area contributed by atoms with Gasteiger partial charge in [-0.2, -0.15) is 0 Å². The van der Waals surface area contributed by atoms with Crippen molar-refractivity contribution in [1.29, 1.82) is 0 Å². The largest absolute Gasteiger partial charge is 0.393 e. The highest BCUT2D eigenvalue weighted by atomic mass is 35.5. The molecule has 1 aromatic rings. The summed E-state index contributed by atoms with van der Waals surface area (Å²) in [4.78, 5) is 10.4. The lowest BCUT2D eigenvalue weighted by Gasteiger charge is -2.04. The maximum absolute atomic E-state index is 10.8. The van der Waals surface area contributed by atoms with Crippen molar-refractivity contribution in [2.24, 2.45) is 0 Å². The van der Waals surface area contributed by atoms with Gasteiger partial charge in [-0.05, 0) is 24.5 Å². The van der Waals surface area contributed by atoms with Crippen LogP contribution < -0.4 is 5.73 Å². The topological polar surface area (TPSA) is 69.2 Å². The van der Waals surface area contributed by atoms with Gasteiger partial charge in [0.15, 0.2) is 0 Å². The SMILES string of the molecule is CCCCCCCCCCCCc1ccc(N)c([N+](=O)[O-])c1.Cl. The average Bonchev–Trinajstić information content (AvgIpc) is 2.50. The standard InChI is InChI=1S/C18H30N2O2.ClH/c1-2-3-4-5-6-7-8-9-10-11-12-16-13-14-17(19)18(15-16)20(21)22;/h13-15H,2-12,19H2,1H3;1H. The van der Waals surface area contributed by atoms with E-state index in [1.165, 1.54) is 57.8 Å². The number of hydrogen-bond donors (Lipinski definition) is 1. The highest BCUT2D eigenvalue weighted by Crippen LogP contribution is 2.23.